The van der Waals surface area contributed by atoms with E-state index < -0.39 is 11.6 Å². The van der Waals surface area contributed by atoms with Gasteiger partial charge in [-0.1, -0.05) is 30.3 Å². The van der Waals surface area contributed by atoms with Crippen LogP contribution in [0.4, 0.5) is 8.78 Å². The van der Waals surface area contributed by atoms with Gasteiger partial charge < -0.3 is 10.2 Å². The molecule has 2 amide bonds. The maximum Gasteiger partial charge on any atom is 0.225 e. The van der Waals surface area contributed by atoms with Crippen molar-refractivity contribution >= 4 is 11.8 Å². The standard InChI is InChI=1S/C21H22F2N2O2/c22-18-10-16(11-19(23)13-18)6-8-24-21(27)17-12-20(26)25(14-17)9-7-15-4-2-1-3-5-15/h1-5,10-11,13,17H,6-9,12,14H2,(H,24,27). The lowest BCUT2D eigenvalue weighted by Gasteiger charge is -2.16. The van der Waals surface area contributed by atoms with E-state index in [-0.39, 0.29) is 30.7 Å². The van der Waals surface area contributed by atoms with Gasteiger partial charge in [0.2, 0.25) is 11.8 Å². The van der Waals surface area contributed by atoms with Crippen LogP contribution in [0.25, 0.3) is 0 Å². The van der Waals surface area contributed by atoms with Crippen molar-refractivity contribution in [3.05, 3.63) is 71.3 Å². The molecule has 1 heterocycles. The van der Waals surface area contributed by atoms with Crippen LogP contribution in [0, 0.1) is 17.6 Å². The third-order valence-electron chi connectivity index (χ3n) is 4.73. The van der Waals surface area contributed by atoms with E-state index in [2.05, 4.69) is 5.32 Å². The number of benzene rings is 2. The summed E-state index contributed by atoms with van der Waals surface area (Å²) in [6.07, 6.45) is 1.29. The first-order chi connectivity index (χ1) is 13.0. The lowest BCUT2D eigenvalue weighted by Crippen LogP contribution is -2.34. The van der Waals surface area contributed by atoms with Crippen molar-refractivity contribution in [2.45, 2.75) is 19.3 Å². The average Bonchev–Trinajstić information content (AvgIpc) is 3.01. The van der Waals surface area contributed by atoms with E-state index in [1.165, 1.54) is 12.1 Å². The molecule has 1 aliphatic heterocycles. The Balaban J connectivity index is 1.44. The number of rotatable bonds is 7. The van der Waals surface area contributed by atoms with Gasteiger partial charge >= 0.3 is 0 Å². The number of nitrogens with one attached hydrogen (secondary N) is 1. The van der Waals surface area contributed by atoms with Gasteiger partial charge in [-0.25, -0.2) is 8.78 Å². The van der Waals surface area contributed by atoms with Crippen molar-refractivity contribution in [3.8, 4) is 0 Å². The van der Waals surface area contributed by atoms with Crippen molar-refractivity contribution in [1.82, 2.24) is 10.2 Å². The molecule has 0 aromatic heterocycles. The highest BCUT2D eigenvalue weighted by atomic mass is 19.1. The normalized spacial score (nSPS) is 16.6. The molecular weight excluding hydrogens is 350 g/mol. The second-order valence-corrected chi connectivity index (χ2v) is 6.80. The molecule has 1 N–H and O–H groups in total. The Morgan fingerprint density at radius 2 is 1.74 bits per heavy atom. The maximum absolute atomic E-state index is 13.2. The SMILES string of the molecule is O=C(NCCc1cc(F)cc(F)c1)C1CC(=O)N(CCc2ccccc2)C1. The van der Waals surface area contributed by atoms with Crippen LogP contribution in [-0.4, -0.2) is 36.3 Å². The number of carbonyl (C=O) groups excluding carboxylic acids is 2. The second-order valence-electron chi connectivity index (χ2n) is 6.80. The molecule has 4 nitrogen and oxygen atoms in total. The molecule has 2 aromatic rings. The van der Waals surface area contributed by atoms with Crippen LogP contribution in [0.2, 0.25) is 0 Å². The molecule has 1 atom stereocenters. The van der Waals surface area contributed by atoms with Crippen LogP contribution in [-0.2, 0) is 22.4 Å². The summed E-state index contributed by atoms with van der Waals surface area (Å²) in [5, 5.41) is 2.76. The van der Waals surface area contributed by atoms with E-state index in [1.807, 2.05) is 30.3 Å². The number of amides is 2. The lowest BCUT2D eigenvalue weighted by atomic mass is 10.1. The number of hydrogen-bond donors (Lipinski definition) is 1. The number of halogens is 2. The molecule has 3 rings (SSSR count). The number of nitrogens with zero attached hydrogens (tertiary/aromatic N) is 1. The zero-order valence-electron chi connectivity index (χ0n) is 15.0. The molecular formula is C21H22F2N2O2. The predicted molar refractivity (Wildman–Crippen MR) is 97.9 cm³/mol. The molecule has 0 aliphatic carbocycles. The van der Waals surface area contributed by atoms with Crippen LogP contribution in [0.5, 0.6) is 0 Å². The Morgan fingerprint density at radius 1 is 1.04 bits per heavy atom. The molecule has 1 aliphatic rings. The fourth-order valence-electron chi connectivity index (χ4n) is 3.30. The predicted octanol–water partition coefficient (Wildman–Crippen LogP) is 2.71. The largest absolute Gasteiger partial charge is 0.355 e. The molecule has 142 valence electrons. The van der Waals surface area contributed by atoms with Gasteiger partial charge in [-0.2, -0.15) is 0 Å². The summed E-state index contributed by atoms with van der Waals surface area (Å²) in [6.45, 7) is 1.28. The van der Waals surface area contributed by atoms with Crippen LogP contribution >= 0.6 is 0 Å². The zero-order chi connectivity index (χ0) is 19.2. The van der Waals surface area contributed by atoms with Gasteiger partial charge in [-0.15, -0.1) is 0 Å². The highest BCUT2D eigenvalue weighted by Crippen LogP contribution is 2.18. The van der Waals surface area contributed by atoms with Gasteiger partial charge in [0.05, 0.1) is 5.92 Å². The fourth-order valence-corrected chi connectivity index (χ4v) is 3.30. The summed E-state index contributed by atoms with van der Waals surface area (Å²) in [7, 11) is 0. The highest BCUT2D eigenvalue weighted by Gasteiger charge is 2.33. The Morgan fingerprint density at radius 3 is 2.44 bits per heavy atom. The van der Waals surface area contributed by atoms with Crippen LogP contribution in [0.15, 0.2) is 48.5 Å². The van der Waals surface area contributed by atoms with Crippen LogP contribution < -0.4 is 5.32 Å². The molecule has 0 radical (unpaired) electrons. The first kappa shape index (κ1) is 19.0. The van der Waals surface area contributed by atoms with Crippen molar-refractivity contribution in [3.63, 3.8) is 0 Å². The summed E-state index contributed by atoms with van der Waals surface area (Å²) in [4.78, 5) is 26.2. The Kier molecular flexibility index (Phi) is 6.16. The maximum atomic E-state index is 13.2. The molecule has 1 fully saturated rings. The smallest absolute Gasteiger partial charge is 0.225 e. The first-order valence-corrected chi connectivity index (χ1v) is 9.05. The van der Waals surface area contributed by atoms with E-state index in [0.717, 1.165) is 18.1 Å². The molecule has 2 aromatic carbocycles. The Labute approximate surface area is 157 Å². The first-order valence-electron chi connectivity index (χ1n) is 9.05. The van der Waals surface area contributed by atoms with Gasteiger partial charge in [-0.3, -0.25) is 9.59 Å². The molecule has 1 unspecified atom stereocenters. The van der Waals surface area contributed by atoms with Crippen molar-refractivity contribution in [1.29, 1.82) is 0 Å². The van der Waals surface area contributed by atoms with Crippen LogP contribution in [0.1, 0.15) is 17.5 Å². The monoisotopic (exact) mass is 372 g/mol. The number of likely N-dealkylation sites (tertiary alicyclic amines) is 1. The third kappa shape index (κ3) is 5.36. The summed E-state index contributed by atoms with van der Waals surface area (Å²) in [5.74, 6) is -1.85. The summed E-state index contributed by atoms with van der Waals surface area (Å²) in [6, 6.07) is 13.2. The van der Waals surface area contributed by atoms with Crippen LogP contribution in [0.3, 0.4) is 0 Å². The average molecular weight is 372 g/mol. The Hall–Kier alpha value is -2.76. The van der Waals surface area contributed by atoms with Crippen molar-refractivity contribution in [2.24, 2.45) is 5.92 Å². The van der Waals surface area contributed by atoms with Crippen molar-refractivity contribution in [2.75, 3.05) is 19.6 Å². The summed E-state index contributed by atoms with van der Waals surface area (Å²) >= 11 is 0. The molecule has 1 saturated heterocycles. The third-order valence-corrected chi connectivity index (χ3v) is 4.73. The van der Waals surface area contributed by atoms with Gasteiger partial charge in [0.25, 0.3) is 0 Å². The second kappa shape index (κ2) is 8.75. The summed E-state index contributed by atoms with van der Waals surface area (Å²) < 4.78 is 26.3. The van der Waals surface area contributed by atoms with Gasteiger partial charge in [0.15, 0.2) is 0 Å². The lowest BCUT2D eigenvalue weighted by molar-refractivity contribution is -0.129. The van der Waals surface area contributed by atoms with Gasteiger partial charge in [0, 0.05) is 32.1 Å². The quantitative estimate of drug-likeness (QED) is 0.813. The van der Waals surface area contributed by atoms with Crippen molar-refractivity contribution < 1.29 is 18.4 Å². The molecule has 0 bridgehead atoms. The minimum Gasteiger partial charge on any atom is -0.355 e. The topological polar surface area (TPSA) is 49.4 Å². The highest BCUT2D eigenvalue weighted by molar-refractivity contribution is 5.89. The van der Waals surface area contributed by atoms with E-state index in [4.69, 9.17) is 0 Å². The molecule has 6 heteroatoms. The van der Waals surface area contributed by atoms with E-state index in [1.54, 1.807) is 4.90 Å². The fraction of sp³-hybridized carbons (Fsp3) is 0.333. The number of carbonyl (C=O) groups is 2. The Bertz CT molecular complexity index is 791. The van der Waals surface area contributed by atoms with Gasteiger partial charge in [0.1, 0.15) is 11.6 Å². The molecule has 0 spiro atoms. The van der Waals surface area contributed by atoms with Gasteiger partial charge in [-0.05, 0) is 36.1 Å². The minimum atomic E-state index is -0.633. The molecule has 27 heavy (non-hydrogen) atoms. The zero-order valence-corrected chi connectivity index (χ0v) is 15.0. The van der Waals surface area contributed by atoms with E-state index in [0.29, 0.717) is 25.1 Å². The summed E-state index contributed by atoms with van der Waals surface area (Å²) in [5.41, 5.74) is 1.64. The minimum absolute atomic E-state index is 0.0155. The molecule has 0 saturated carbocycles. The van der Waals surface area contributed by atoms with E-state index in [9.17, 15) is 18.4 Å². The van der Waals surface area contributed by atoms with E-state index >= 15 is 0 Å². The number of hydrogen-bond acceptors (Lipinski definition) is 2.